The summed E-state index contributed by atoms with van der Waals surface area (Å²) in [6.07, 6.45) is 6.71. The van der Waals surface area contributed by atoms with Gasteiger partial charge in [0.15, 0.2) is 11.7 Å². The molecule has 10 N–H and O–H groups in total. The number of carbonyl (C=O) groups is 3. The average Bonchev–Trinajstić information content (AvgIpc) is 2.62. The molecule has 0 aromatic carbocycles. The fraction of sp³-hybridized carbons (Fsp3) is 0.778. The maximum Gasteiger partial charge on any atom is 0.243 e. The van der Waals surface area contributed by atoms with E-state index in [1.165, 1.54) is 0 Å². The Labute approximate surface area is 176 Å². The Bertz CT molecular complexity index is 552. The number of nitrogens with two attached hydrogens (primary N) is 4. The minimum absolute atomic E-state index is 0.0147. The Morgan fingerprint density at radius 1 is 0.966 bits per heavy atom. The molecule has 0 aliphatic heterocycles. The summed E-state index contributed by atoms with van der Waals surface area (Å²) in [6, 6.07) is -2.16. The molecule has 3 unspecified atom stereocenters. The molecular formula is C18H38N7O3S+. The number of hydrogen-bond acceptors (Lipinski definition) is 6. The molecule has 0 saturated heterocycles. The lowest BCUT2D eigenvalue weighted by Crippen LogP contribution is -2.54. The normalized spacial score (nSPS) is 14.0. The van der Waals surface area contributed by atoms with Gasteiger partial charge in [-0.2, -0.15) is 0 Å². The third-order valence-corrected chi connectivity index (χ3v) is 4.94. The molecule has 0 rings (SSSR count). The summed E-state index contributed by atoms with van der Waals surface area (Å²) in [4.78, 5) is 41.3. The summed E-state index contributed by atoms with van der Waals surface area (Å²) in [5.74, 6) is -0.507. The van der Waals surface area contributed by atoms with Gasteiger partial charge in [0.1, 0.15) is 6.04 Å². The molecule has 0 aliphatic carbocycles. The summed E-state index contributed by atoms with van der Waals surface area (Å²) in [7, 11) is -0.0964. The number of nitrogens with one attached hydrogen (secondary N) is 2. The predicted molar refractivity (Wildman–Crippen MR) is 119 cm³/mol. The summed E-state index contributed by atoms with van der Waals surface area (Å²) < 4.78 is 0. The van der Waals surface area contributed by atoms with Crippen LogP contribution in [-0.4, -0.2) is 73.0 Å². The number of unbranched alkanes of at least 4 members (excludes halogenated alkanes) is 1. The zero-order valence-electron chi connectivity index (χ0n) is 17.8. The van der Waals surface area contributed by atoms with Crippen molar-refractivity contribution < 1.29 is 14.4 Å². The topological polar surface area (TPSA) is 192 Å². The smallest absolute Gasteiger partial charge is 0.243 e. The Hall–Kier alpha value is -1.85. The van der Waals surface area contributed by atoms with E-state index < -0.39 is 29.9 Å². The minimum atomic E-state index is -0.769. The highest BCUT2D eigenvalue weighted by Crippen LogP contribution is 2.06. The fourth-order valence-electron chi connectivity index (χ4n) is 2.54. The zero-order valence-corrected chi connectivity index (χ0v) is 18.6. The van der Waals surface area contributed by atoms with Crippen LogP contribution in [0.4, 0.5) is 0 Å². The first-order valence-corrected chi connectivity index (χ1v) is 12.0. The van der Waals surface area contributed by atoms with Gasteiger partial charge in [0.05, 0.1) is 24.6 Å². The van der Waals surface area contributed by atoms with E-state index in [0.717, 1.165) is 6.42 Å². The second-order valence-electron chi connectivity index (χ2n) is 7.24. The largest absolute Gasteiger partial charge is 0.370 e. The highest BCUT2D eigenvalue weighted by atomic mass is 32.2. The van der Waals surface area contributed by atoms with Crippen LogP contribution in [0.3, 0.4) is 0 Å². The molecule has 0 aliphatic rings. The van der Waals surface area contributed by atoms with E-state index in [2.05, 4.69) is 15.6 Å². The van der Waals surface area contributed by atoms with Gasteiger partial charge in [0.25, 0.3) is 0 Å². The molecule has 0 heterocycles. The second-order valence-corrected chi connectivity index (χ2v) is 9.50. The Kier molecular flexibility index (Phi) is 14.1. The molecule has 0 radical (unpaired) electrons. The third kappa shape index (κ3) is 13.1. The molecule has 29 heavy (non-hydrogen) atoms. The number of ketones is 1. The van der Waals surface area contributed by atoms with Crippen molar-refractivity contribution in [1.29, 1.82) is 0 Å². The molecule has 11 heteroatoms. The highest BCUT2D eigenvalue weighted by Gasteiger charge is 2.28. The van der Waals surface area contributed by atoms with Crippen molar-refractivity contribution in [2.24, 2.45) is 27.9 Å². The first-order valence-electron chi connectivity index (χ1n) is 9.77. The van der Waals surface area contributed by atoms with Crippen LogP contribution >= 0.6 is 0 Å². The van der Waals surface area contributed by atoms with Crippen molar-refractivity contribution in [1.82, 2.24) is 10.6 Å². The van der Waals surface area contributed by atoms with Crippen LogP contribution in [0, 0.1) is 0 Å². The van der Waals surface area contributed by atoms with Crippen molar-refractivity contribution in [3.05, 3.63) is 0 Å². The number of hydrogen-bond donors (Lipinski definition) is 6. The van der Waals surface area contributed by atoms with E-state index in [9.17, 15) is 14.4 Å². The van der Waals surface area contributed by atoms with Crippen molar-refractivity contribution in [2.45, 2.75) is 57.2 Å². The first-order chi connectivity index (χ1) is 13.6. The van der Waals surface area contributed by atoms with E-state index >= 15 is 0 Å². The third-order valence-electron chi connectivity index (χ3n) is 4.07. The van der Waals surface area contributed by atoms with Crippen LogP contribution in [0.25, 0.3) is 0 Å². The Balaban J connectivity index is 5.15. The van der Waals surface area contributed by atoms with Crippen molar-refractivity contribution in [3.63, 3.8) is 0 Å². The molecule has 168 valence electrons. The van der Waals surface area contributed by atoms with Crippen LogP contribution in [-0.2, 0) is 25.3 Å². The van der Waals surface area contributed by atoms with E-state index in [4.69, 9.17) is 22.9 Å². The second kappa shape index (κ2) is 15.1. The molecule has 2 amide bonds. The lowest BCUT2D eigenvalue weighted by Gasteiger charge is -2.23. The van der Waals surface area contributed by atoms with E-state index in [1.54, 1.807) is 6.92 Å². The number of guanidine groups is 1. The zero-order chi connectivity index (χ0) is 22.4. The van der Waals surface area contributed by atoms with Gasteiger partial charge in [-0.15, -0.1) is 0 Å². The van der Waals surface area contributed by atoms with Crippen LogP contribution < -0.4 is 33.6 Å². The molecule has 0 bridgehead atoms. The fourth-order valence-corrected chi connectivity index (χ4v) is 3.31. The van der Waals surface area contributed by atoms with Gasteiger partial charge in [-0.25, -0.2) is 0 Å². The van der Waals surface area contributed by atoms with Crippen molar-refractivity contribution in [3.8, 4) is 0 Å². The van der Waals surface area contributed by atoms with Gasteiger partial charge in [-0.3, -0.25) is 19.4 Å². The van der Waals surface area contributed by atoms with Gasteiger partial charge in [0, 0.05) is 6.54 Å². The van der Waals surface area contributed by atoms with Crippen LogP contribution in [0.5, 0.6) is 0 Å². The average molecular weight is 433 g/mol. The standard InChI is InChI=1S/C18H37N7O3S/c1-12(20)16(27)25-14(7-4-5-9-19)17(28)24-13(15(26)11-29(2)3)8-6-10-23-18(21)22/h12-14H,4-11,19-20H2,1-3H3,(H5-,21,22,23,24,25,27,28)/p+1. The quantitative estimate of drug-likeness (QED) is 0.0740. The maximum atomic E-state index is 12.8. The van der Waals surface area contributed by atoms with Gasteiger partial charge in [-0.05, 0) is 56.5 Å². The number of Topliss-reactive ketones (excluding diaryl/α,β-unsaturated/α-hetero) is 1. The minimum Gasteiger partial charge on any atom is -0.370 e. The monoisotopic (exact) mass is 432 g/mol. The first kappa shape index (κ1) is 27.1. The Morgan fingerprint density at radius 2 is 1.55 bits per heavy atom. The summed E-state index contributed by atoms with van der Waals surface area (Å²) >= 11 is 0. The predicted octanol–water partition coefficient (Wildman–Crippen LogP) is -2.07. The van der Waals surface area contributed by atoms with Gasteiger partial charge < -0.3 is 33.6 Å². The van der Waals surface area contributed by atoms with Gasteiger partial charge in [-0.1, -0.05) is 0 Å². The van der Waals surface area contributed by atoms with E-state index in [-0.39, 0.29) is 22.6 Å². The van der Waals surface area contributed by atoms with Crippen molar-refractivity contribution >= 4 is 34.5 Å². The van der Waals surface area contributed by atoms with Gasteiger partial charge >= 0.3 is 0 Å². The number of rotatable bonds is 15. The molecular weight excluding hydrogens is 394 g/mol. The van der Waals surface area contributed by atoms with E-state index in [1.807, 2.05) is 12.5 Å². The number of nitrogens with zero attached hydrogens (tertiary/aromatic N) is 1. The number of aliphatic imine (C=N–C) groups is 1. The van der Waals surface area contributed by atoms with Crippen LogP contribution in [0.1, 0.15) is 39.0 Å². The summed E-state index contributed by atoms with van der Waals surface area (Å²) in [6.45, 7) is 2.41. The summed E-state index contributed by atoms with van der Waals surface area (Å²) in [5, 5.41) is 5.46. The molecule has 3 atom stereocenters. The lowest BCUT2D eigenvalue weighted by atomic mass is 10.0. The molecule has 0 spiro atoms. The van der Waals surface area contributed by atoms with Crippen molar-refractivity contribution in [2.75, 3.05) is 31.4 Å². The highest BCUT2D eigenvalue weighted by molar-refractivity contribution is 7.96. The number of carbonyl (C=O) groups excluding carboxylic acids is 3. The lowest BCUT2D eigenvalue weighted by molar-refractivity contribution is -0.131. The number of amides is 2. The van der Waals surface area contributed by atoms with Crippen LogP contribution in [0.15, 0.2) is 4.99 Å². The molecule has 10 nitrogen and oxygen atoms in total. The molecule has 0 aromatic rings. The maximum absolute atomic E-state index is 12.8. The molecule has 0 fully saturated rings. The van der Waals surface area contributed by atoms with E-state index in [0.29, 0.717) is 44.5 Å². The SMILES string of the molecule is CC(N)C(=O)NC(CCCCN)C(=O)NC(CCCN=C(N)N)C(=O)C[S+](C)C. The molecule has 0 aromatic heterocycles. The Morgan fingerprint density at radius 3 is 2.07 bits per heavy atom. The van der Waals surface area contributed by atoms with Crippen LogP contribution in [0.2, 0.25) is 0 Å². The van der Waals surface area contributed by atoms with Gasteiger partial charge in [0.2, 0.25) is 17.6 Å². The summed E-state index contributed by atoms with van der Waals surface area (Å²) in [5.41, 5.74) is 21.7. The molecule has 0 saturated carbocycles.